The molecule has 0 unspecified atom stereocenters. The minimum absolute atomic E-state index is 0.828. The molecule has 0 N–H and O–H groups in total. The molecule has 1 saturated heterocycles. The zero-order chi connectivity index (χ0) is 16.1. The topological polar surface area (TPSA) is 15.7 Å². The molecule has 0 bridgehead atoms. The van der Waals surface area contributed by atoms with Gasteiger partial charge in [0.05, 0.1) is 13.2 Å². The number of rotatable bonds is 5. The highest BCUT2D eigenvalue weighted by Gasteiger charge is 2.11. The quantitative estimate of drug-likeness (QED) is 0.829. The molecule has 0 aliphatic carbocycles. The lowest BCUT2D eigenvalue weighted by atomic mass is 10.0. The van der Waals surface area contributed by atoms with Crippen molar-refractivity contribution in [1.29, 1.82) is 0 Å². The molecule has 0 saturated carbocycles. The number of benzene rings is 2. The fourth-order valence-electron chi connectivity index (χ4n) is 3.14. The molecule has 2 aromatic carbocycles. The van der Waals surface area contributed by atoms with Gasteiger partial charge in [-0.25, -0.2) is 0 Å². The van der Waals surface area contributed by atoms with E-state index in [4.69, 9.17) is 4.74 Å². The van der Waals surface area contributed by atoms with Crippen LogP contribution >= 0.6 is 0 Å². The van der Waals surface area contributed by atoms with Crippen LogP contribution in [0.2, 0.25) is 0 Å². The normalized spacial score (nSPS) is 14.8. The van der Waals surface area contributed by atoms with E-state index in [0.29, 0.717) is 0 Å². The van der Waals surface area contributed by atoms with E-state index in [2.05, 4.69) is 72.2 Å². The first-order valence-electron chi connectivity index (χ1n) is 8.60. The van der Waals surface area contributed by atoms with Crippen LogP contribution in [-0.2, 0) is 4.74 Å². The summed E-state index contributed by atoms with van der Waals surface area (Å²) in [6, 6.07) is 17.8. The molecule has 0 radical (unpaired) electrons. The van der Waals surface area contributed by atoms with Crippen LogP contribution in [0.4, 0.5) is 11.4 Å². The van der Waals surface area contributed by atoms with Gasteiger partial charge in [0.2, 0.25) is 0 Å². The maximum atomic E-state index is 5.42. The van der Waals surface area contributed by atoms with Crippen molar-refractivity contribution in [1.82, 2.24) is 0 Å². The molecule has 1 aliphatic heterocycles. The van der Waals surface area contributed by atoms with Gasteiger partial charge in [-0.3, -0.25) is 0 Å². The second-order valence-electron chi connectivity index (χ2n) is 5.87. The Hall–Kier alpha value is -2.00. The van der Waals surface area contributed by atoms with E-state index in [0.717, 1.165) is 39.4 Å². The third-order valence-corrected chi connectivity index (χ3v) is 4.57. The van der Waals surface area contributed by atoms with Crippen molar-refractivity contribution in [3.05, 3.63) is 48.5 Å². The molecular formula is C20H26N2O. The summed E-state index contributed by atoms with van der Waals surface area (Å²) in [4.78, 5) is 4.75. The summed E-state index contributed by atoms with van der Waals surface area (Å²) in [5.74, 6) is 0. The van der Waals surface area contributed by atoms with Crippen LogP contribution in [0, 0.1) is 0 Å². The zero-order valence-corrected chi connectivity index (χ0v) is 14.2. The van der Waals surface area contributed by atoms with Gasteiger partial charge in [-0.15, -0.1) is 0 Å². The van der Waals surface area contributed by atoms with Crippen LogP contribution in [0.1, 0.15) is 13.8 Å². The van der Waals surface area contributed by atoms with Crippen LogP contribution in [-0.4, -0.2) is 39.4 Å². The Balaban J connectivity index is 1.74. The molecule has 0 aromatic heterocycles. The van der Waals surface area contributed by atoms with Crippen molar-refractivity contribution in [3.8, 4) is 11.1 Å². The smallest absolute Gasteiger partial charge is 0.0642 e. The van der Waals surface area contributed by atoms with Gasteiger partial charge in [-0.05, 0) is 49.2 Å². The van der Waals surface area contributed by atoms with Gasteiger partial charge in [0.1, 0.15) is 0 Å². The van der Waals surface area contributed by atoms with Gasteiger partial charge in [0.15, 0.2) is 0 Å². The Labute approximate surface area is 139 Å². The second kappa shape index (κ2) is 7.51. The van der Waals surface area contributed by atoms with E-state index < -0.39 is 0 Å². The maximum Gasteiger partial charge on any atom is 0.0642 e. The minimum Gasteiger partial charge on any atom is -0.378 e. The molecule has 23 heavy (non-hydrogen) atoms. The Morgan fingerprint density at radius 1 is 0.826 bits per heavy atom. The summed E-state index contributed by atoms with van der Waals surface area (Å²) >= 11 is 0. The molecular weight excluding hydrogens is 284 g/mol. The summed E-state index contributed by atoms with van der Waals surface area (Å²) in [6.07, 6.45) is 0. The second-order valence-corrected chi connectivity index (χ2v) is 5.87. The van der Waals surface area contributed by atoms with E-state index in [1.54, 1.807) is 0 Å². The van der Waals surface area contributed by atoms with Gasteiger partial charge < -0.3 is 14.5 Å². The van der Waals surface area contributed by atoms with Crippen molar-refractivity contribution in [2.45, 2.75) is 13.8 Å². The summed E-state index contributed by atoms with van der Waals surface area (Å²) in [5.41, 5.74) is 5.13. The molecule has 3 heteroatoms. The Kier molecular flexibility index (Phi) is 5.19. The van der Waals surface area contributed by atoms with Crippen molar-refractivity contribution >= 4 is 11.4 Å². The third kappa shape index (κ3) is 3.67. The first-order valence-corrected chi connectivity index (χ1v) is 8.60. The maximum absolute atomic E-state index is 5.42. The molecule has 0 amide bonds. The van der Waals surface area contributed by atoms with Crippen LogP contribution in [0.25, 0.3) is 11.1 Å². The fraction of sp³-hybridized carbons (Fsp3) is 0.400. The highest BCUT2D eigenvalue weighted by atomic mass is 16.5. The van der Waals surface area contributed by atoms with Crippen molar-refractivity contribution in [2.75, 3.05) is 49.2 Å². The molecule has 1 heterocycles. The average molecular weight is 310 g/mol. The lowest BCUT2D eigenvalue weighted by molar-refractivity contribution is 0.122. The lowest BCUT2D eigenvalue weighted by Gasteiger charge is -2.29. The minimum atomic E-state index is 0.828. The van der Waals surface area contributed by atoms with Crippen molar-refractivity contribution in [2.24, 2.45) is 0 Å². The van der Waals surface area contributed by atoms with E-state index >= 15 is 0 Å². The van der Waals surface area contributed by atoms with E-state index in [9.17, 15) is 0 Å². The number of hydrogen-bond donors (Lipinski definition) is 0. The van der Waals surface area contributed by atoms with Crippen LogP contribution in [0.5, 0.6) is 0 Å². The lowest BCUT2D eigenvalue weighted by Crippen LogP contribution is -2.36. The first kappa shape index (κ1) is 15.9. The third-order valence-electron chi connectivity index (χ3n) is 4.57. The Morgan fingerprint density at radius 2 is 1.35 bits per heavy atom. The SMILES string of the molecule is CCN(CC)c1ccc(-c2ccc(N3CCOCC3)cc2)cc1. The van der Waals surface area contributed by atoms with Crippen LogP contribution < -0.4 is 9.80 Å². The first-order chi connectivity index (χ1) is 11.3. The molecule has 1 aliphatic rings. The van der Waals surface area contributed by atoms with E-state index in [1.165, 1.54) is 22.5 Å². The average Bonchev–Trinajstić information content (AvgIpc) is 2.64. The van der Waals surface area contributed by atoms with Gasteiger partial charge in [-0.1, -0.05) is 24.3 Å². The Bertz CT molecular complexity index is 597. The number of hydrogen-bond acceptors (Lipinski definition) is 3. The van der Waals surface area contributed by atoms with Crippen LogP contribution in [0.3, 0.4) is 0 Å². The molecule has 0 spiro atoms. The van der Waals surface area contributed by atoms with Crippen molar-refractivity contribution < 1.29 is 4.74 Å². The van der Waals surface area contributed by atoms with Crippen molar-refractivity contribution in [3.63, 3.8) is 0 Å². The summed E-state index contributed by atoms with van der Waals surface area (Å²) in [7, 11) is 0. The highest BCUT2D eigenvalue weighted by molar-refractivity contribution is 5.68. The molecule has 3 nitrogen and oxygen atoms in total. The standard InChI is InChI=1S/C20H26N2O/c1-3-21(4-2)19-9-5-17(6-10-19)18-7-11-20(12-8-18)22-13-15-23-16-14-22/h5-12H,3-4,13-16H2,1-2H3. The number of morpholine rings is 1. The van der Waals surface area contributed by atoms with E-state index in [-0.39, 0.29) is 0 Å². The van der Waals surface area contributed by atoms with Crippen LogP contribution in [0.15, 0.2) is 48.5 Å². The zero-order valence-electron chi connectivity index (χ0n) is 14.2. The van der Waals surface area contributed by atoms with Gasteiger partial charge in [-0.2, -0.15) is 0 Å². The molecule has 2 aromatic rings. The van der Waals surface area contributed by atoms with Gasteiger partial charge in [0.25, 0.3) is 0 Å². The highest BCUT2D eigenvalue weighted by Crippen LogP contribution is 2.26. The monoisotopic (exact) mass is 310 g/mol. The van der Waals surface area contributed by atoms with Gasteiger partial charge >= 0.3 is 0 Å². The predicted octanol–water partition coefficient (Wildman–Crippen LogP) is 4.04. The summed E-state index contributed by atoms with van der Waals surface area (Å²) in [6.45, 7) is 10.1. The summed E-state index contributed by atoms with van der Waals surface area (Å²) in [5, 5.41) is 0. The molecule has 122 valence electrons. The van der Waals surface area contributed by atoms with Gasteiger partial charge in [0, 0.05) is 37.6 Å². The molecule has 0 atom stereocenters. The summed E-state index contributed by atoms with van der Waals surface area (Å²) < 4.78 is 5.42. The van der Waals surface area contributed by atoms with E-state index in [1.807, 2.05) is 0 Å². The molecule has 1 fully saturated rings. The fourth-order valence-corrected chi connectivity index (χ4v) is 3.14. The predicted molar refractivity (Wildman–Crippen MR) is 98.5 cm³/mol. The largest absolute Gasteiger partial charge is 0.378 e. The molecule has 3 rings (SSSR count). The number of anilines is 2. The number of ether oxygens (including phenoxy) is 1. The Morgan fingerprint density at radius 3 is 1.87 bits per heavy atom. The number of nitrogens with zero attached hydrogens (tertiary/aromatic N) is 2.